The molecule has 0 heterocycles. The van der Waals surface area contributed by atoms with Crippen molar-refractivity contribution in [3.63, 3.8) is 0 Å². The number of carboxylic acids is 1. The molecule has 0 spiro atoms. The molecule has 0 bridgehead atoms. The van der Waals surface area contributed by atoms with Crippen molar-refractivity contribution in [2.75, 3.05) is 6.61 Å². The molecule has 7 heteroatoms. The number of carboxylic acid groups (broad SMARTS) is 1. The first-order valence-electron chi connectivity index (χ1n) is 11.2. The summed E-state index contributed by atoms with van der Waals surface area (Å²) < 4.78 is 10.5. The fraction of sp³-hybridized carbons (Fsp3) is 0.708. The minimum absolute atomic E-state index is 0.0430. The molecule has 4 rings (SSSR count). The second-order valence-corrected chi connectivity index (χ2v) is 10.2. The highest BCUT2D eigenvalue weighted by Gasteiger charge is 2.69. The molecule has 31 heavy (non-hydrogen) atoms. The van der Waals surface area contributed by atoms with E-state index in [0.717, 1.165) is 19.3 Å². The first-order chi connectivity index (χ1) is 14.5. The van der Waals surface area contributed by atoms with Crippen LogP contribution in [0.25, 0.3) is 0 Å². The average Bonchev–Trinajstić information content (AvgIpc) is 3.00. The van der Waals surface area contributed by atoms with E-state index in [-0.39, 0.29) is 30.1 Å². The fourth-order valence-electron chi connectivity index (χ4n) is 7.12. The lowest BCUT2D eigenvalue weighted by atomic mass is 9.47. The maximum Gasteiger partial charge on any atom is 0.509 e. The summed E-state index contributed by atoms with van der Waals surface area (Å²) in [6.07, 6.45) is 7.71. The second kappa shape index (κ2) is 7.47. The van der Waals surface area contributed by atoms with E-state index in [2.05, 4.69) is 6.92 Å². The van der Waals surface area contributed by atoms with Crippen molar-refractivity contribution in [2.45, 2.75) is 71.0 Å². The number of fused-ring (bicyclic) bond motifs is 5. The van der Waals surface area contributed by atoms with Crippen LogP contribution in [0.3, 0.4) is 0 Å². The number of rotatable bonds is 4. The summed E-state index contributed by atoms with van der Waals surface area (Å²) in [7, 11) is 0. The summed E-state index contributed by atoms with van der Waals surface area (Å²) in [5.74, 6) is -0.341. The van der Waals surface area contributed by atoms with Crippen molar-refractivity contribution in [1.82, 2.24) is 0 Å². The molecule has 0 amide bonds. The Balaban J connectivity index is 1.62. The Bertz CT molecular complexity index is 858. The standard InChI is InChI=1S/C24H32O7/c1-14(25)13-30-21(29)31-24(20(27)28)11-8-19-17-5-4-15-12-16(26)6-9-22(15,2)18(17)7-10-23(19,24)3/h6,9,12,14,17-19,25H,4-5,7-8,10-11,13H2,1-3H3,(H,27,28)/t14?,17-,18+,19+,22+,23+,24+/m1/s1. The molecule has 170 valence electrons. The third-order valence-corrected chi connectivity index (χ3v) is 8.72. The van der Waals surface area contributed by atoms with Crippen molar-refractivity contribution < 1.29 is 34.1 Å². The van der Waals surface area contributed by atoms with E-state index in [1.165, 1.54) is 12.5 Å². The van der Waals surface area contributed by atoms with Gasteiger partial charge in [-0.2, -0.15) is 0 Å². The minimum atomic E-state index is -1.63. The molecule has 4 aliphatic rings. The Morgan fingerprint density at radius 2 is 1.90 bits per heavy atom. The number of hydrogen-bond acceptors (Lipinski definition) is 6. The quantitative estimate of drug-likeness (QED) is 0.653. The maximum atomic E-state index is 12.5. The van der Waals surface area contributed by atoms with Crippen LogP contribution in [0.15, 0.2) is 23.8 Å². The summed E-state index contributed by atoms with van der Waals surface area (Å²) in [6, 6.07) is 0. The predicted octanol–water partition coefficient (Wildman–Crippen LogP) is 3.65. The van der Waals surface area contributed by atoms with Gasteiger partial charge in [0.2, 0.25) is 5.60 Å². The molecule has 7 nitrogen and oxygen atoms in total. The van der Waals surface area contributed by atoms with E-state index >= 15 is 0 Å². The number of aliphatic carboxylic acids is 1. The molecule has 7 atom stereocenters. The van der Waals surface area contributed by atoms with E-state index in [9.17, 15) is 24.6 Å². The molecule has 2 N–H and O–H groups in total. The molecule has 3 fully saturated rings. The van der Waals surface area contributed by atoms with Gasteiger partial charge in [0.15, 0.2) is 5.78 Å². The Morgan fingerprint density at radius 3 is 2.58 bits per heavy atom. The summed E-state index contributed by atoms with van der Waals surface area (Å²) in [6.45, 7) is 5.39. The van der Waals surface area contributed by atoms with Crippen LogP contribution in [0.4, 0.5) is 4.79 Å². The van der Waals surface area contributed by atoms with Crippen LogP contribution in [0, 0.1) is 28.6 Å². The third-order valence-electron chi connectivity index (χ3n) is 8.72. The van der Waals surface area contributed by atoms with Gasteiger partial charge in [-0.1, -0.05) is 25.5 Å². The highest BCUT2D eigenvalue weighted by molar-refractivity contribution is 6.01. The monoisotopic (exact) mass is 432 g/mol. The summed E-state index contributed by atoms with van der Waals surface area (Å²) in [5, 5.41) is 19.6. The van der Waals surface area contributed by atoms with Crippen molar-refractivity contribution in [1.29, 1.82) is 0 Å². The number of aliphatic hydroxyl groups excluding tert-OH is 1. The minimum Gasteiger partial charge on any atom is -0.478 e. The van der Waals surface area contributed by atoms with Gasteiger partial charge in [0.25, 0.3) is 0 Å². The van der Waals surface area contributed by atoms with Crippen LogP contribution >= 0.6 is 0 Å². The van der Waals surface area contributed by atoms with Crippen molar-refractivity contribution in [2.24, 2.45) is 28.6 Å². The number of allylic oxidation sites excluding steroid dienone is 4. The van der Waals surface area contributed by atoms with Crippen molar-refractivity contribution in [3.8, 4) is 0 Å². The van der Waals surface area contributed by atoms with Gasteiger partial charge in [0, 0.05) is 10.8 Å². The molecule has 0 aliphatic heterocycles. The van der Waals surface area contributed by atoms with Crippen LogP contribution in [-0.2, 0) is 19.1 Å². The Morgan fingerprint density at radius 1 is 1.19 bits per heavy atom. The lowest BCUT2D eigenvalue weighted by Crippen LogP contribution is -2.59. The number of carbonyl (C=O) groups is 3. The van der Waals surface area contributed by atoms with Crippen molar-refractivity contribution in [3.05, 3.63) is 23.8 Å². The van der Waals surface area contributed by atoms with Gasteiger partial charge in [0.05, 0.1) is 6.10 Å². The molecule has 0 aromatic rings. The van der Waals surface area contributed by atoms with E-state index in [1.54, 1.807) is 12.2 Å². The van der Waals surface area contributed by atoms with Gasteiger partial charge < -0.3 is 19.7 Å². The highest BCUT2D eigenvalue weighted by Crippen LogP contribution is 2.67. The largest absolute Gasteiger partial charge is 0.509 e. The molecule has 0 aromatic carbocycles. The summed E-state index contributed by atoms with van der Waals surface area (Å²) >= 11 is 0. The molecule has 4 aliphatic carbocycles. The molecule has 0 saturated heterocycles. The molecule has 0 aromatic heterocycles. The molecular weight excluding hydrogens is 400 g/mol. The van der Waals surface area contributed by atoms with Gasteiger partial charge in [-0.3, -0.25) is 4.79 Å². The Labute approximate surface area is 182 Å². The molecular formula is C24H32O7. The third kappa shape index (κ3) is 3.23. The zero-order chi connectivity index (χ0) is 22.6. The number of hydrogen-bond donors (Lipinski definition) is 2. The fourth-order valence-corrected chi connectivity index (χ4v) is 7.12. The van der Waals surface area contributed by atoms with E-state index in [4.69, 9.17) is 9.47 Å². The van der Waals surface area contributed by atoms with Crippen molar-refractivity contribution >= 4 is 17.9 Å². The first kappa shape index (κ1) is 22.1. The normalized spacial score (nSPS) is 42.0. The number of carbonyl (C=O) groups excluding carboxylic acids is 2. The predicted molar refractivity (Wildman–Crippen MR) is 111 cm³/mol. The van der Waals surface area contributed by atoms with Crippen LogP contribution in [-0.4, -0.2) is 46.4 Å². The summed E-state index contributed by atoms with van der Waals surface area (Å²) in [5.41, 5.74) is -1.32. The topological polar surface area (TPSA) is 110 Å². The highest BCUT2D eigenvalue weighted by atomic mass is 16.7. The Kier molecular flexibility index (Phi) is 5.31. The molecule has 0 radical (unpaired) electrons. The smallest absolute Gasteiger partial charge is 0.478 e. The van der Waals surface area contributed by atoms with E-state index < -0.39 is 29.2 Å². The molecule has 3 saturated carbocycles. The van der Waals surface area contributed by atoms with E-state index in [1.807, 2.05) is 13.0 Å². The van der Waals surface area contributed by atoms with E-state index in [0.29, 0.717) is 24.7 Å². The van der Waals surface area contributed by atoms with Gasteiger partial charge >= 0.3 is 12.1 Å². The van der Waals surface area contributed by atoms with Crippen LogP contribution in [0.1, 0.15) is 59.3 Å². The lowest BCUT2D eigenvalue weighted by Gasteiger charge is -2.57. The van der Waals surface area contributed by atoms with Gasteiger partial charge in [-0.25, -0.2) is 9.59 Å². The maximum absolute atomic E-state index is 12.5. The molecule has 1 unspecified atom stereocenters. The van der Waals surface area contributed by atoms with Gasteiger partial charge in [0.1, 0.15) is 6.61 Å². The first-order valence-corrected chi connectivity index (χ1v) is 11.2. The second-order valence-electron chi connectivity index (χ2n) is 10.2. The van der Waals surface area contributed by atoms with Gasteiger partial charge in [-0.05, 0) is 75.4 Å². The summed E-state index contributed by atoms with van der Waals surface area (Å²) in [4.78, 5) is 36.7. The van der Waals surface area contributed by atoms with Crippen LogP contribution in [0.5, 0.6) is 0 Å². The van der Waals surface area contributed by atoms with Crippen LogP contribution < -0.4 is 0 Å². The van der Waals surface area contributed by atoms with Gasteiger partial charge in [-0.15, -0.1) is 0 Å². The lowest BCUT2D eigenvalue weighted by molar-refractivity contribution is -0.185. The zero-order valence-electron chi connectivity index (χ0n) is 18.4. The number of aliphatic hydroxyl groups is 1. The average molecular weight is 433 g/mol. The van der Waals surface area contributed by atoms with Crippen LogP contribution in [0.2, 0.25) is 0 Å². The number of ketones is 1. The number of ether oxygens (including phenoxy) is 2. The SMILES string of the molecule is CC(O)COC(=O)O[C@]1(C(=O)O)CC[C@H]2[C@@H]3CCC4=CC(=O)C=C[C@]4(C)[C@H]3CC[C@@]21C. The zero-order valence-corrected chi connectivity index (χ0v) is 18.4. The Hall–Kier alpha value is -2.15.